The van der Waals surface area contributed by atoms with Crippen molar-refractivity contribution in [1.29, 1.82) is 0 Å². The summed E-state index contributed by atoms with van der Waals surface area (Å²) < 4.78 is 51.1. The van der Waals surface area contributed by atoms with Gasteiger partial charge in [0.05, 0.1) is 46.9 Å². The molecule has 0 saturated heterocycles. The molecule has 1 aromatic carbocycles. The Hall–Kier alpha value is -3.73. The molecule has 0 aliphatic heterocycles. The molecular weight excluding hydrogens is 452 g/mol. The van der Waals surface area contributed by atoms with Crippen LogP contribution in [0.3, 0.4) is 0 Å². The molecule has 0 aliphatic rings. The second kappa shape index (κ2) is 11.8. The predicted molar refractivity (Wildman–Crippen MR) is 123 cm³/mol. The summed E-state index contributed by atoms with van der Waals surface area (Å²) in [5, 5.41) is 3.91. The molecule has 2 aromatic rings. The average Bonchev–Trinajstić information content (AvgIpc) is 2.81. The third-order valence-corrected chi connectivity index (χ3v) is 5.61. The monoisotopic (exact) mass is 478 g/mol. The smallest absolute Gasteiger partial charge is 0.331 e. The van der Waals surface area contributed by atoms with Crippen LogP contribution in [0.1, 0.15) is 11.1 Å². The van der Waals surface area contributed by atoms with E-state index in [4.69, 9.17) is 18.9 Å². The van der Waals surface area contributed by atoms with Gasteiger partial charge in [0.1, 0.15) is 22.9 Å². The number of benzene rings is 1. The first-order valence-electron chi connectivity index (χ1n) is 9.51. The van der Waals surface area contributed by atoms with E-state index in [1.165, 1.54) is 60.1 Å². The number of pyridine rings is 1. The van der Waals surface area contributed by atoms with E-state index in [2.05, 4.69) is 15.0 Å². The Morgan fingerprint density at radius 2 is 1.67 bits per heavy atom. The fraction of sp³-hybridized carbons (Fsp3) is 0.273. The molecule has 0 saturated carbocycles. The molecule has 0 spiro atoms. The first kappa shape index (κ1) is 25.5. The topological polar surface area (TPSA) is 122 Å². The van der Waals surface area contributed by atoms with Crippen molar-refractivity contribution in [1.82, 2.24) is 4.98 Å². The summed E-state index contributed by atoms with van der Waals surface area (Å²) >= 11 is 0. The molecule has 0 bridgehead atoms. The highest BCUT2D eigenvalue weighted by Crippen LogP contribution is 2.35. The number of carbonyl (C=O) groups is 1. The minimum Gasteiger partial charge on any atom is -0.496 e. The molecule has 0 unspecified atom stereocenters. The van der Waals surface area contributed by atoms with Crippen LogP contribution >= 0.6 is 0 Å². The minimum absolute atomic E-state index is 0.230. The van der Waals surface area contributed by atoms with Crippen LogP contribution < -0.4 is 24.3 Å². The molecule has 0 radical (unpaired) electrons. The lowest BCUT2D eigenvalue weighted by Gasteiger charge is -2.12. The molecule has 33 heavy (non-hydrogen) atoms. The van der Waals surface area contributed by atoms with E-state index in [0.717, 1.165) is 5.41 Å². The van der Waals surface area contributed by atoms with Gasteiger partial charge >= 0.3 is 5.97 Å². The number of esters is 1. The number of hydrogen-bond acceptors (Lipinski definition) is 10. The Morgan fingerprint density at radius 1 is 1.00 bits per heavy atom. The van der Waals surface area contributed by atoms with E-state index < -0.39 is 15.8 Å². The number of hydrogen-bond donors (Lipinski definition) is 1. The largest absolute Gasteiger partial charge is 0.496 e. The van der Waals surface area contributed by atoms with Gasteiger partial charge in [-0.3, -0.25) is 0 Å². The quantitative estimate of drug-likeness (QED) is 0.381. The molecule has 1 N–H and O–H groups in total. The molecule has 2 rings (SSSR count). The fourth-order valence-corrected chi connectivity index (χ4v) is 3.82. The number of methoxy groups -OCH3 is 5. The summed E-state index contributed by atoms with van der Waals surface area (Å²) in [6.07, 6.45) is 5.31. The molecule has 10 nitrogen and oxygen atoms in total. The zero-order chi connectivity index (χ0) is 24.4. The van der Waals surface area contributed by atoms with Gasteiger partial charge in [-0.05, 0) is 17.7 Å². The van der Waals surface area contributed by atoms with Crippen LogP contribution in [0.25, 0.3) is 6.08 Å². The van der Waals surface area contributed by atoms with Gasteiger partial charge in [-0.15, -0.1) is 0 Å². The molecule has 0 atom stereocenters. The highest BCUT2D eigenvalue weighted by Gasteiger charge is 2.15. The summed E-state index contributed by atoms with van der Waals surface area (Å²) in [6, 6.07) is 4.82. The molecule has 178 valence electrons. The molecule has 0 fully saturated rings. The van der Waals surface area contributed by atoms with E-state index in [9.17, 15) is 13.2 Å². The van der Waals surface area contributed by atoms with Gasteiger partial charge in [0, 0.05) is 36.0 Å². The Bertz CT molecular complexity index is 1120. The van der Waals surface area contributed by atoms with Crippen LogP contribution in [0.4, 0.5) is 5.69 Å². The lowest BCUT2D eigenvalue weighted by Crippen LogP contribution is -2.04. The van der Waals surface area contributed by atoms with E-state index in [1.54, 1.807) is 18.2 Å². The molecular formula is C22H26N2O8S. The number of aromatic nitrogens is 1. The van der Waals surface area contributed by atoms with Crippen LogP contribution in [-0.2, 0) is 25.1 Å². The summed E-state index contributed by atoms with van der Waals surface area (Å²) in [5.41, 5.74) is 1.24. The first-order valence-corrected chi connectivity index (χ1v) is 11.2. The Morgan fingerprint density at radius 3 is 2.21 bits per heavy atom. The lowest BCUT2D eigenvalue weighted by atomic mass is 10.1. The van der Waals surface area contributed by atoms with Crippen LogP contribution in [0.15, 0.2) is 42.1 Å². The highest BCUT2D eigenvalue weighted by molar-refractivity contribution is 7.93. The number of carbonyl (C=O) groups excluding carboxylic acids is 1. The van der Waals surface area contributed by atoms with Gasteiger partial charge < -0.3 is 29.0 Å². The van der Waals surface area contributed by atoms with Gasteiger partial charge in [0.2, 0.25) is 5.88 Å². The predicted octanol–water partition coefficient (Wildman–Crippen LogP) is 2.80. The lowest BCUT2D eigenvalue weighted by molar-refractivity contribution is -0.134. The maximum absolute atomic E-state index is 12.8. The maximum atomic E-state index is 12.8. The maximum Gasteiger partial charge on any atom is 0.331 e. The van der Waals surface area contributed by atoms with Crippen molar-refractivity contribution >= 4 is 27.6 Å². The van der Waals surface area contributed by atoms with Gasteiger partial charge in [-0.2, -0.15) is 0 Å². The van der Waals surface area contributed by atoms with Gasteiger partial charge in [-0.25, -0.2) is 18.2 Å². The number of nitrogens with one attached hydrogen (secondary N) is 1. The molecule has 0 aliphatic carbocycles. The van der Waals surface area contributed by atoms with Crippen molar-refractivity contribution in [2.45, 2.75) is 5.75 Å². The zero-order valence-electron chi connectivity index (χ0n) is 18.9. The standard InChI is InChI=1S/C22H26N2O8S/c1-28-16-11-19(29-2)17(20(12-16)30-3)7-9-33(26,27)14-15-10-18(22(32-5)24-13-15)23-8-6-21(25)31-4/h6-13,23H,14H2,1-5H3. The second-order valence-corrected chi connectivity index (χ2v) is 8.34. The van der Waals surface area contributed by atoms with E-state index in [1.807, 2.05) is 0 Å². The van der Waals surface area contributed by atoms with Crippen LogP contribution in [-0.4, -0.2) is 54.9 Å². The number of ether oxygens (including phenoxy) is 5. The zero-order valence-corrected chi connectivity index (χ0v) is 19.8. The third-order valence-electron chi connectivity index (χ3n) is 4.32. The van der Waals surface area contributed by atoms with Crippen LogP contribution in [0, 0.1) is 0 Å². The Labute approximate surface area is 192 Å². The third kappa shape index (κ3) is 7.14. The van der Waals surface area contributed by atoms with Crippen LogP contribution in [0.5, 0.6) is 23.1 Å². The van der Waals surface area contributed by atoms with Crippen molar-refractivity contribution in [3.05, 3.63) is 53.2 Å². The Balaban J connectivity index is 2.29. The van der Waals surface area contributed by atoms with Crippen molar-refractivity contribution in [3.8, 4) is 23.1 Å². The van der Waals surface area contributed by atoms with Gasteiger partial charge in [0.15, 0.2) is 9.84 Å². The summed E-state index contributed by atoms with van der Waals surface area (Å²) in [4.78, 5) is 15.3. The summed E-state index contributed by atoms with van der Waals surface area (Å²) in [6.45, 7) is 0. The highest BCUT2D eigenvalue weighted by atomic mass is 32.2. The normalized spacial score (nSPS) is 11.4. The van der Waals surface area contributed by atoms with Crippen molar-refractivity contribution in [3.63, 3.8) is 0 Å². The SMILES string of the molecule is COC(=O)C=CNc1cc(CS(=O)(=O)C=Cc2c(OC)cc(OC)cc2OC)cnc1OC. The van der Waals surface area contributed by atoms with E-state index >= 15 is 0 Å². The molecule has 0 amide bonds. The number of sulfone groups is 1. The summed E-state index contributed by atoms with van der Waals surface area (Å²) in [7, 11) is 3.42. The molecule has 1 aromatic heterocycles. The number of nitrogens with zero attached hydrogens (tertiary/aromatic N) is 1. The Kier molecular flexibility index (Phi) is 9.10. The van der Waals surface area contributed by atoms with Crippen LogP contribution in [0.2, 0.25) is 0 Å². The fourth-order valence-electron chi connectivity index (χ4n) is 2.76. The number of anilines is 1. The minimum atomic E-state index is -3.70. The van der Waals surface area contributed by atoms with E-state index in [0.29, 0.717) is 34.1 Å². The number of rotatable bonds is 11. The average molecular weight is 479 g/mol. The van der Waals surface area contributed by atoms with Crippen molar-refractivity contribution in [2.75, 3.05) is 40.9 Å². The molecule has 1 heterocycles. The van der Waals surface area contributed by atoms with E-state index in [-0.39, 0.29) is 11.6 Å². The van der Waals surface area contributed by atoms with Crippen molar-refractivity contribution < 1.29 is 36.9 Å². The van der Waals surface area contributed by atoms with Gasteiger partial charge in [0.25, 0.3) is 0 Å². The van der Waals surface area contributed by atoms with Gasteiger partial charge in [-0.1, -0.05) is 0 Å². The summed E-state index contributed by atoms with van der Waals surface area (Å²) in [5.74, 6) is 0.655. The second-order valence-electron chi connectivity index (χ2n) is 6.46. The van der Waals surface area contributed by atoms with Crippen molar-refractivity contribution in [2.24, 2.45) is 0 Å². The molecule has 11 heteroatoms. The first-order chi connectivity index (χ1) is 15.8.